The summed E-state index contributed by atoms with van der Waals surface area (Å²) < 4.78 is 25.1. The zero-order valence-corrected chi connectivity index (χ0v) is 23.6. The summed E-state index contributed by atoms with van der Waals surface area (Å²) in [6.45, 7) is 8.42. The van der Waals surface area contributed by atoms with E-state index in [2.05, 4.69) is 23.9 Å². The van der Waals surface area contributed by atoms with Crippen LogP contribution in [0.4, 0.5) is 0 Å². The number of methoxy groups -OCH3 is 2. The SMILES string of the molecule is COc1ccc([C@@H]2C3=C(CC(C)(C)CC3=O)Oc3ncn4nc(COc5cccc(C)c5C)nc4c32)cc1OC. The van der Waals surface area contributed by atoms with Crippen molar-refractivity contribution in [2.24, 2.45) is 5.41 Å². The summed E-state index contributed by atoms with van der Waals surface area (Å²) in [4.78, 5) is 23.2. The molecular weight excluding hydrogens is 508 g/mol. The van der Waals surface area contributed by atoms with Crippen molar-refractivity contribution < 1.29 is 23.7 Å². The average molecular weight is 541 g/mol. The van der Waals surface area contributed by atoms with Crippen LogP contribution in [0.15, 0.2) is 54.1 Å². The van der Waals surface area contributed by atoms with Crippen LogP contribution in [0.3, 0.4) is 0 Å². The summed E-state index contributed by atoms with van der Waals surface area (Å²) in [5.74, 6) is 3.13. The number of aromatic nitrogens is 4. The molecule has 0 saturated carbocycles. The van der Waals surface area contributed by atoms with Gasteiger partial charge in [-0.3, -0.25) is 4.79 Å². The lowest BCUT2D eigenvalue weighted by Crippen LogP contribution is -2.33. The predicted molar refractivity (Wildman–Crippen MR) is 148 cm³/mol. The van der Waals surface area contributed by atoms with Gasteiger partial charge in [0.1, 0.15) is 24.4 Å². The average Bonchev–Trinajstić information content (AvgIpc) is 3.35. The maximum Gasteiger partial charge on any atom is 0.228 e. The van der Waals surface area contributed by atoms with Gasteiger partial charge in [0.2, 0.25) is 5.88 Å². The second-order valence-electron chi connectivity index (χ2n) is 11.2. The fourth-order valence-corrected chi connectivity index (χ4v) is 5.64. The summed E-state index contributed by atoms with van der Waals surface area (Å²) in [6, 6.07) is 11.7. The van der Waals surface area contributed by atoms with Crippen LogP contribution < -0.4 is 18.9 Å². The molecule has 0 N–H and O–H groups in total. The first-order valence-electron chi connectivity index (χ1n) is 13.3. The molecule has 1 aliphatic heterocycles. The van der Waals surface area contributed by atoms with Gasteiger partial charge in [0.05, 0.1) is 25.7 Å². The number of Topliss-reactive ketones (excluding diaryl/α,β-unsaturated/α-hetero) is 1. The van der Waals surface area contributed by atoms with Crippen LogP contribution in [0.2, 0.25) is 0 Å². The van der Waals surface area contributed by atoms with Crippen LogP contribution in [-0.2, 0) is 11.4 Å². The first-order valence-corrected chi connectivity index (χ1v) is 13.3. The molecule has 1 aliphatic carbocycles. The molecule has 0 fully saturated rings. The van der Waals surface area contributed by atoms with E-state index in [0.717, 1.165) is 22.4 Å². The van der Waals surface area contributed by atoms with Crippen molar-refractivity contribution in [2.75, 3.05) is 14.2 Å². The topological polar surface area (TPSA) is 97.1 Å². The molecule has 0 saturated heterocycles. The number of fused-ring (bicyclic) bond motifs is 3. The third-order valence-corrected chi connectivity index (χ3v) is 7.76. The number of nitrogens with zero attached hydrogens (tertiary/aromatic N) is 4. The number of benzene rings is 2. The van der Waals surface area contributed by atoms with E-state index < -0.39 is 5.92 Å². The normalized spacial score (nSPS) is 17.8. The molecule has 3 heterocycles. The van der Waals surface area contributed by atoms with Gasteiger partial charge in [-0.25, -0.2) is 14.5 Å². The van der Waals surface area contributed by atoms with Crippen molar-refractivity contribution in [1.29, 1.82) is 0 Å². The van der Waals surface area contributed by atoms with Gasteiger partial charge in [0.15, 0.2) is 28.8 Å². The van der Waals surface area contributed by atoms with Crippen LogP contribution in [0, 0.1) is 19.3 Å². The fraction of sp³-hybridized carbons (Fsp3) is 0.355. The summed E-state index contributed by atoms with van der Waals surface area (Å²) in [5, 5.41) is 4.64. The van der Waals surface area contributed by atoms with Gasteiger partial charge in [0.25, 0.3) is 0 Å². The molecule has 0 unspecified atom stereocenters. The summed E-state index contributed by atoms with van der Waals surface area (Å²) in [7, 11) is 3.19. The van der Waals surface area contributed by atoms with Crippen molar-refractivity contribution in [2.45, 2.75) is 53.1 Å². The van der Waals surface area contributed by atoms with Crippen LogP contribution in [0.5, 0.6) is 23.1 Å². The Morgan fingerprint density at radius 2 is 1.85 bits per heavy atom. The molecular formula is C31H32N4O5. The predicted octanol–water partition coefficient (Wildman–Crippen LogP) is 5.50. The summed E-state index contributed by atoms with van der Waals surface area (Å²) in [6.07, 6.45) is 2.65. The molecule has 0 radical (unpaired) electrons. The third kappa shape index (κ3) is 4.35. The number of allylic oxidation sites excluding steroid dienone is 2. The number of hydrogen-bond acceptors (Lipinski definition) is 8. The number of hydrogen-bond donors (Lipinski definition) is 0. The zero-order valence-electron chi connectivity index (χ0n) is 23.6. The monoisotopic (exact) mass is 540 g/mol. The lowest BCUT2D eigenvalue weighted by molar-refractivity contribution is -0.118. The van der Waals surface area contributed by atoms with E-state index in [9.17, 15) is 4.79 Å². The highest BCUT2D eigenvalue weighted by Crippen LogP contribution is 2.51. The minimum absolute atomic E-state index is 0.0525. The molecule has 0 spiro atoms. The fourth-order valence-electron chi connectivity index (χ4n) is 5.64. The third-order valence-electron chi connectivity index (χ3n) is 7.76. The highest BCUT2D eigenvalue weighted by molar-refractivity contribution is 6.00. The molecule has 206 valence electrons. The van der Waals surface area contributed by atoms with E-state index >= 15 is 0 Å². The minimum atomic E-state index is -0.463. The van der Waals surface area contributed by atoms with Gasteiger partial charge < -0.3 is 18.9 Å². The van der Waals surface area contributed by atoms with E-state index in [1.54, 1.807) is 25.1 Å². The largest absolute Gasteiger partial charge is 0.493 e. The Labute approximate surface area is 232 Å². The molecule has 9 nitrogen and oxygen atoms in total. The second-order valence-corrected chi connectivity index (χ2v) is 11.2. The van der Waals surface area contributed by atoms with Crippen molar-refractivity contribution >= 4 is 11.4 Å². The number of ether oxygens (including phenoxy) is 4. The van der Waals surface area contributed by atoms with E-state index in [4.69, 9.17) is 23.9 Å². The second kappa shape index (κ2) is 9.66. The number of rotatable bonds is 6. The van der Waals surface area contributed by atoms with Gasteiger partial charge in [-0.2, -0.15) is 0 Å². The minimum Gasteiger partial charge on any atom is -0.493 e. The van der Waals surface area contributed by atoms with E-state index in [1.807, 2.05) is 50.2 Å². The number of carbonyl (C=O) groups is 1. The Hall–Kier alpha value is -4.40. The molecule has 2 aromatic heterocycles. The van der Waals surface area contributed by atoms with Gasteiger partial charge in [-0.15, -0.1) is 5.10 Å². The van der Waals surface area contributed by atoms with E-state index in [0.29, 0.717) is 58.6 Å². The van der Waals surface area contributed by atoms with Crippen LogP contribution in [0.1, 0.15) is 60.7 Å². The maximum absolute atomic E-state index is 13.7. The standard InChI is InChI=1S/C31H32N4O5/c1-17-8-7-9-21(18(17)2)39-15-25-33-29-28-26(19-10-11-22(37-5)23(12-19)38-6)27-20(36)13-31(3,4)14-24(27)40-30(28)32-16-35(29)34-25/h7-12,16,26H,13-15H2,1-6H3/t26-/m1/s1. The number of carbonyl (C=O) groups excluding carboxylic acids is 1. The first kappa shape index (κ1) is 25.9. The Kier molecular flexibility index (Phi) is 6.24. The molecule has 6 rings (SSSR count). The summed E-state index contributed by atoms with van der Waals surface area (Å²) >= 11 is 0. The van der Waals surface area contributed by atoms with E-state index in [1.165, 1.54) is 0 Å². The van der Waals surface area contributed by atoms with E-state index in [-0.39, 0.29) is 17.8 Å². The molecule has 9 heteroatoms. The molecule has 4 aromatic rings. The van der Waals surface area contributed by atoms with Gasteiger partial charge in [0, 0.05) is 18.4 Å². The van der Waals surface area contributed by atoms with Gasteiger partial charge in [-0.05, 0) is 54.2 Å². The highest BCUT2D eigenvalue weighted by Gasteiger charge is 2.44. The van der Waals surface area contributed by atoms with Crippen LogP contribution >= 0.6 is 0 Å². The Balaban J connectivity index is 1.48. The lowest BCUT2D eigenvalue weighted by atomic mass is 9.70. The first-order chi connectivity index (χ1) is 19.2. The smallest absolute Gasteiger partial charge is 0.228 e. The molecule has 40 heavy (non-hydrogen) atoms. The van der Waals surface area contributed by atoms with Crippen LogP contribution in [0.25, 0.3) is 5.65 Å². The van der Waals surface area contributed by atoms with Crippen molar-refractivity contribution in [3.05, 3.63) is 82.1 Å². The number of ketones is 1. The van der Waals surface area contributed by atoms with Crippen molar-refractivity contribution in [3.63, 3.8) is 0 Å². The molecule has 0 bridgehead atoms. The Bertz CT molecular complexity index is 1690. The molecule has 2 aliphatic rings. The van der Waals surface area contributed by atoms with Gasteiger partial charge >= 0.3 is 0 Å². The lowest BCUT2D eigenvalue weighted by Gasteiger charge is -2.37. The molecule has 1 atom stereocenters. The molecule has 0 amide bonds. The maximum atomic E-state index is 13.7. The Morgan fingerprint density at radius 3 is 2.62 bits per heavy atom. The van der Waals surface area contributed by atoms with Crippen molar-refractivity contribution in [3.8, 4) is 23.1 Å². The van der Waals surface area contributed by atoms with Crippen LogP contribution in [-0.4, -0.2) is 39.6 Å². The van der Waals surface area contributed by atoms with Crippen molar-refractivity contribution in [1.82, 2.24) is 19.6 Å². The highest BCUT2D eigenvalue weighted by atomic mass is 16.5. The Morgan fingerprint density at radius 1 is 1.05 bits per heavy atom. The zero-order chi connectivity index (χ0) is 28.2. The quantitative estimate of drug-likeness (QED) is 0.316. The summed E-state index contributed by atoms with van der Waals surface area (Å²) in [5.41, 5.74) is 4.75. The molecule has 2 aromatic carbocycles. The van der Waals surface area contributed by atoms with Gasteiger partial charge in [-0.1, -0.05) is 32.0 Å². The number of aryl methyl sites for hydroxylation is 1.